The van der Waals surface area contributed by atoms with Crippen molar-refractivity contribution >= 4 is 27.7 Å². The van der Waals surface area contributed by atoms with Crippen LogP contribution in [0.1, 0.15) is 31.4 Å². The van der Waals surface area contributed by atoms with Gasteiger partial charge in [-0.2, -0.15) is 11.8 Å². The van der Waals surface area contributed by atoms with E-state index in [0.29, 0.717) is 12.1 Å². The molecule has 0 amide bonds. The molecule has 0 saturated carbocycles. The van der Waals surface area contributed by atoms with Crippen LogP contribution in [0.3, 0.4) is 0 Å². The normalized spacial score (nSPS) is 21.6. The van der Waals surface area contributed by atoms with Gasteiger partial charge in [-0.3, -0.25) is 0 Å². The molecule has 2 rings (SSSR count). The highest BCUT2D eigenvalue weighted by Gasteiger charge is 2.17. The third kappa shape index (κ3) is 3.65. The van der Waals surface area contributed by atoms with Gasteiger partial charge in [0.15, 0.2) is 0 Å². The van der Waals surface area contributed by atoms with Crippen LogP contribution < -0.4 is 10.1 Å². The van der Waals surface area contributed by atoms with Gasteiger partial charge in [0.25, 0.3) is 0 Å². The molecule has 0 aliphatic carbocycles. The minimum atomic E-state index is 0.385. The van der Waals surface area contributed by atoms with Crippen molar-refractivity contribution < 1.29 is 4.74 Å². The monoisotopic (exact) mass is 329 g/mol. The Morgan fingerprint density at radius 3 is 2.94 bits per heavy atom. The molecule has 0 bridgehead atoms. The molecule has 0 radical (unpaired) electrons. The molecule has 1 N–H and O–H groups in total. The molecule has 2 unspecified atom stereocenters. The summed E-state index contributed by atoms with van der Waals surface area (Å²) in [6.45, 7) is 2.23. The number of ether oxygens (including phenoxy) is 1. The minimum Gasteiger partial charge on any atom is -0.496 e. The summed E-state index contributed by atoms with van der Waals surface area (Å²) in [5.41, 5.74) is 1.30. The van der Waals surface area contributed by atoms with Crippen molar-refractivity contribution in [2.75, 3.05) is 18.6 Å². The van der Waals surface area contributed by atoms with Crippen LogP contribution in [0.25, 0.3) is 0 Å². The Bertz CT molecular complexity index is 393. The Morgan fingerprint density at radius 1 is 1.50 bits per heavy atom. The van der Waals surface area contributed by atoms with Crippen molar-refractivity contribution in [2.45, 2.75) is 31.8 Å². The summed E-state index contributed by atoms with van der Waals surface area (Å²) < 4.78 is 6.28. The van der Waals surface area contributed by atoms with Crippen LogP contribution in [0, 0.1) is 0 Å². The quantitative estimate of drug-likeness (QED) is 0.901. The van der Waals surface area contributed by atoms with Crippen LogP contribution in [-0.2, 0) is 0 Å². The SMILES string of the molecule is COc1ccc(C(C)NC2CCCSC2)cc1Br. The van der Waals surface area contributed by atoms with E-state index in [1.165, 1.54) is 29.9 Å². The van der Waals surface area contributed by atoms with E-state index in [2.05, 4.69) is 52.1 Å². The van der Waals surface area contributed by atoms with Crippen molar-refractivity contribution in [1.29, 1.82) is 0 Å². The Kier molecular flexibility index (Phi) is 5.39. The molecule has 1 aliphatic rings. The van der Waals surface area contributed by atoms with E-state index < -0.39 is 0 Å². The Balaban J connectivity index is 1.99. The van der Waals surface area contributed by atoms with Gasteiger partial charge < -0.3 is 10.1 Å². The predicted octanol–water partition coefficient (Wildman–Crippen LogP) is 4.00. The maximum Gasteiger partial charge on any atom is 0.133 e. The van der Waals surface area contributed by atoms with Crippen LogP contribution in [0.4, 0.5) is 0 Å². The van der Waals surface area contributed by atoms with E-state index in [1.807, 2.05) is 6.07 Å². The fraction of sp³-hybridized carbons (Fsp3) is 0.571. The molecule has 2 atom stereocenters. The number of halogens is 1. The van der Waals surface area contributed by atoms with Crippen molar-refractivity contribution in [1.82, 2.24) is 5.32 Å². The zero-order chi connectivity index (χ0) is 13.0. The van der Waals surface area contributed by atoms with Gasteiger partial charge in [-0.25, -0.2) is 0 Å². The van der Waals surface area contributed by atoms with E-state index in [-0.39, 0.29) is 0 Å². The average molecular weight is 330 g/mol. The first-order valence-corrected chi connectivity index (χ1v) is 8.32. The van der Waals surface area contributed by atoms with Gasteiger partial charge in [-0.05, 0) is 59.1 Å². The molecule has 1 aromatic rings. The second-order valence-corrected chi connectivity index (χ2v) is 6.70. The van der Waals surface area contributed by atoms with Gasteiger partial charge in [0, 0.05) is 17.8 Å². The molecule has 1 aromatic carbocycles. The second-order valence-electron chi connectivity index (χ2n) is 4.70. The summed E-state index contributed by atoms with van der Waals surface area (Å²) in [6.07, 6.45) is 2.63. The van der Waals surface area contributed by atoms with Gasteiger partial charge in [-0.1, -0.05) is 6.07 Å². The van der Waals surface area contributed by atoms with E-state index >= 15 is 0 Å². The highest BCUT2D eigenvalue weighted by molar-refractivity contribution is 9.10. The van der Waals surface area contributed by atoms with Crippen LogP contribution in [0.2, 0.25) is 0 Å². The summed E-state index contributed by atoms with van der Waals surface area (Å²) >= 11 is 5.60. The van der Waals surface area contributed by atoms with Crippen LogP contribution >= 0.6 is 27.7 Å². The number of hydrogen-bond donors (Lipinski definition) is 1. The number of thioether (sulfide) groups is 1. The molecule has 1 heterocycles. The zero-order valence-electron chi connectivity index (χ0n) is 10.9. The van der Waals surface area contributed by atoms with E-state index in [0.717, 1.165) is 10.2 Å². The maximum atomic E-state index is 5.26. The summed E-state index contributed by atoms with van der Waals surface area (Å²) in [5, 5.41) is 3.72. The van der Waals surface area contributed by atoms with Gasteiger partial charge in [-0.15, -0.1) is 0 Å². The highest BCUT2D eigenvalue weighted by atomic mass is 79.9. The Morgan fingerprint density at radius 2 is 2.33 bits per heavy atom. The number of hydrogen-bond acceptors (Lipinski definition) is 3. The minimum absolute atomic E-state index is 0.385. The average Bonchev–Trinajstić information content (AvgIpc) is 2.39. The van der Waals surface area contributed by atoms with Crippen molar-refractivity contribution in [2.24, 2.45) is 0 Å². The number of nitrogens with one attached hydrogen (secondary N) is 1. The highest BCUT2D eigenvalue weighted by Crippen LogP contribution is 2.28. The number of rotatable bonds is 4. The third-order valence-corrected chi connectivity index (χ3v) is 5.16. The van der Waals surface area contributed by atoms with Crippen LogP contribution in [0.15, 0.2) is 22.7 Å². The molecular weight excluding hydrogens is 310 g/mol. The molecule has 4 heteroatoms. The van der Waals surface area contributed by atoms with E-state index in [1.54, 1.807) is 7.11 Å². The Labute approximate surface area is 122 Å². The topological polar surface area (TPSA) is 21.3 Å². The smallest absolute Gasteiger partial charge is 0.133 e. The van der Waals surface area contributed by atoms with Gasteiger partial charge in [0.2, 0.25) is 0 Å². The van der Waals surface area contributed by atoms with E-state index in [4.69, 9.17) is 4.74 Å². The molecular formula is C14H20BrNOS. The lowest BCUT2D eigenvalue weighted by Gasteiger charge is -2.26. The van der Waals surface area contributed by atoms with E-state index in [9.17, 15) is 0 Å². The zero-order valence-corrected chi connectivity index (χ0v) is 13.3. The summed E-state index contributed by atoms with van der Waals surface area (Å²) in [7, 11) is 1.70. The lowest BCUT2D eigenvalue weighted by molar-refractivity contribution is 0.411. The van der Waals surface area contributed by atoms with Crippen LogP contribution in [-0.4, -0.2) is 24.7 Å². The molecule has 0 spiro atoms. The second kappa shape index (κ2) is 6.83. The molecule has 18 heavy (non-hydrogen) atoms. The third-order valence-electron chi connectivity index (χ3n) is 3.32. The lowest BCUT2D eigenvalue weighted by Crippen LogP contribution is -2.35. The number of benzene rings is 1. The summed E-state index contributed by atoms with van der Waals surface area (Å²) in [6, 6.07) is 7.34. The predicted molar refractivity (Wildman–Crippen MR) is 82.6 cm³/mol. The lowest BCUT2D eigenvalue weighted by atomic mass is 10.1. The van der Waals surface area contributed by atoms with Crippen molar-refractivity contribution in [3.8, 4) is 5.75 Å². The van der Waals surface area contributed by atoms with Crippen molar-refractivity contribution in [3.63, 3.8) is 0 Å². The summed E-state index contributed by atoms with van der Waals surface area (Å²) in [4.78, 5) is 0. The first kappa shape index (κ1) is 14.2. The van der Waals surface area contributed by atoms with Gasteiger partial charge in [0.05, 0.1) is 11.6 Å². The molecule has 2 nitrogen and oxygen atoms in total. The number of methoxy groups -OCH3 is 1. The molecule has 1 saturated heterocycles. The van der Waals surface area contributed by atoms with Crippen molar-refractivity contribution in [3.05, 3.63) is 28.2 Å². The fourth-order valence-corrected chi connectivity index (χ4v) is 3.92. The largest absolute Gasteiger partial charge is 0.496 e. The van der Waals surface area contributed by atoms with Gasteiger partial charge >= 0.3 is 0 Å². The fourth-order valence-electron chi connectivity index (χ4n) is 2.27. The summed E-state index contributed by atoms with van der Waals surface area (Å²) in [5.74, 6) is 3.45. The molecule has 1 fully saturated rings. The molecule has 0 aromatic heterocycles. The molecule has 1 aliphatic heterocycles. The standard InChI is InChI=1S/C14H20BrNOS/c1-10(16-12-4-3-7-18-9-12)11-5-6-14(17-2)13(15)8-11/h5-6,8,10,12,16H,3-4,7,9H2,1-2H3. The maximum absolute atomic E-state index is 5.26. The first-order chi connectivity index (χ1) is 8.70. The first-order valence-electron chi connectivity index (χ1n) is 6.38. The van der Waals surface area contributed by atoms with Gasteiger partial charge in [0.1, 0.15) is 5.75 Å². The Hall–Kier alpha value is -0.190. The van der Waals surface area contributed by atoms with Crippen LogP contribution in [0.5, 0.6) is 5.75 Å². The molecule has 100 valence electrons.